The summed E-state index contributed by atoms with van der Waals surface area (Å²) in [6.45, 7) is 4.70. The maximum absolute atomic E-state index is 13.7. The summed E-state index contributed by atoms with van der Waals surface area (Å²) >= 11 is 0. The maximum atomic E-state index is 13.7. The minimum atomic E-state index is -0.272. The van der Waals surface area contributed by atoms with E-state index in [0.29, 0.717) is 11.6 Å². The minimum Gasteiger partial charge on any atom is -0.337 e. The molecule has 3 heterocycles. The highest BCUT2D eigenvalue weighted by molar-refractivity contribution is 5.94. The molecule has 4 nitrogen and oxygen atoms in total. The van der Waals surface area contributed by atoms with Gasteiger partial charge in [-0.05, 0) is 50.2 Å². The first kappa shape index (κ1) is 17.3. The molecule has 5 heteroatoms. The molecule has 1 aromatic carbocycles. The topological polar surface area (TPSA) is 38.1 Å². The van der Waals surface area contributed by atoms with Crippen LogP contribution < -0.4 is 0 Å². The van der Waals surface area contributed by atoms with Crippen LogP contribution in [0.3, 0.4) is 0 Å². The van der Waals surface area contributed by atoms with Crippen molar-refractivity contribution in [2.75, 3.05) is 13.1 Å². The maximum Gasteiger partial charge on any atom is 0.274 e. The monoisotopic (exact) mass is 355 g/mol. The van der Waals surface area contributed by atoms with Crippen molar-refractivity contribution >= 4 is 5.91 Å². The van der Waals surface area contributed by atoms with Gasteiger partial charge in [0.2, 0.25) is 0 Å². The van der Waals surface area contributed by atoms with E-state index < -0.39 is 0 Å². The molecule has 2 aromatic rings. The van der Waals surface area contributed by atoms with E-state index in [0.717, 1.165) is 75.2 Å². The first-order valence-corrected chi connectivity index (χ1v) is 9.78. The van der Waals surface area contributed by atoms with E-state index in [1.807, 2.05) is 11.0 Å². The average Bonchev–Trinajstić information content (AvgIpc) is 2.83. The van der Waals surface area contributed by atoms with Gasteiger partial charge in [-0.15, -0.1) is 0 Å². The quantitative estimate of drug-likeness (QED) is 0.806. The summed E-state index contributed by atoms with van der Waals surface area (Å²) in [5.41, 5.74) is 2.37. The van der Waals surface area contributed by atoms with Crippen molar-refractivity contribution in [2.45, 2.75) is 52.0 Å². The molecule has 26 heavy (non-hydrogen) atoms. The number of carbonyl (C=O) groups is 1. The Hall–Kier alpha value is -2.17. The zero-order chi connectivity index (χ0) is 18.1. The molecule has 0 aliphatic carbocycles. The Balaban J connectivity index is 1.74. The Morgan fingerprint density at radius 2 is 1.96 bits per heavy atom. The van der Waals surface area contributed by atoms with Crippen molar-refractivity contribution in [1.82, 2.24) is 14.5 Å². The minimum absolute atomic E-state index is 0.0465. The van der Waals surface area contributed by atoms with Gasteiger partial charge in [0.05, 0.1) is 5.69 Å². The molecule has 0 atom stereocenters. The molecule has 0 radical (unpaired) electrons. The summed E-state index contributed by atoms with van der Waals surface area (Å²) in [5, 5.41) is 0. The summed E-state index contributed by atoms with van der Waals surface area (Å²) in [5.74, 6) is 1.19. The zero-order valence-corrected chi connectivity index (χ0v) is 15.4. The van der Waals surface area contributed by atoms with Crippen LogP contribution in [0, 0.1) is 11.7 Å². The highest BCUT2D eigenvalue weighted by Gasteiger charge is 2.29. The van der Waals surface area contributed by atoms with Crippen LogP contribution in [0.15, 0.2) is 24.3 Å². The number of halogens is 1. The molecular formula is C21H26FN3O. The number of nitrogens with zero attached hydrogens (tertiary/aromatic N) is 3. The highest BCUT2D eigenvalue weighted by Crippen LogP contribution is 2.29. The van der Waals surface area contributed by atoms with Crippen molar-refractivity contribution < 1.29 is 9.18 Å². The summed E-state index contributed by atoms with van der Waals surface area (Å²) in [4.78, 5) is 19.9. The first-order chi connectivity index (χ1) is 12.6. The second kappa shape index (κ2) is 7.22. The number of piperidine rings is 1. The predicted octanol–water partition coefficient (Wildman–Crippen LogP) is 4.29. The van der Waals surface area contributed by atoms with Crippen LogP contribution in [0.25, 0.3) is 11.4 Å². The number of rotatable bonds is 2. The van der Waals surface area contributed by atoms with Crippen LogP contribution in [-0.4, -0.2) is 33.4 Å². The third-order valence-corrected chi connectivity index (χ3v) is 5.72. The molecule has 2 aliphatic heterocycles. The fourth-order valence-corrected chi connectivity index (χ4v) is 4.10. The lowest BCUT2D eigenvalue weighted by Gasteiger charge is -2.30. The fourth-order valence-electron chi connectivity index (χ4n) is 4.10. The van der Waals surface area contributed by atoms with Crippen LogP contribution in [0.2, 0.25) is 0 Å². The third kappa shape index (κ3) is 3.27. The summed E-state index contributed by atoms with van der Waals surface area (Å²) < 4.78 is 15.9. The first-order valence-electron chi connectivity index (χ1n) is 9.78. The second-order valence-electron chi connectivity index (χ2n) is 7.68. The molecule has 2 aliphatic rings. The molecule has 1 aromatic heterocycles. The molecule has 1 saturated heterocycles. The van der Waals surface area contributed by atoms with E-state index in [1.54, 1.807) is 6.07 Å². The number of carbonyl (C=O) groups excluding carboxylic acids is 1. The summed E-state index contributed by atoms with van der Waals surface area (Å²) in [6.07, 6.45) is 6.27. The Kier molecular flexibility index (Phi) is 4.79. The molecular weight excluding hydrogens is 329 g/mol. The largest absolute Gasteiger partial charge is 0.337 e. The van der Waals surface area contributed by atoms with Gasteiger partial charge in [-0.1, -0.05) is 25.5 Å². The highest BCUT2D eigenvalue weighted by atomic mass is 19.1. The van der Waals surface area contributed by atoms with Gasteiger partial charge >= 0.3 is 0 Å². The Labute approximate surface area is 154 Å². The van der Waals surface area contributed by atoms with E-state index in [9.17, 15) is 9.18 Å². The van der Waals surface area contributed by atoms with Gasteiger partial charge in [0.15, 0.2) is 0 Å². The lowest BCUT2D eigenvalue weighted by atomic mass is 9.99. The van der Waals surface area contributed by atoms with Gasteiger partial charge in [-0.2, -0.15) is 0 Å². The van der Waals surface area contributed by atoms with Crippen molar-refractivity contribution in [1.29, 1.82) is 0 Å². The third-order valence-electron chi connectivity index (χ3n) is 5.72. The van der Waals surface area contributed by atoms with Crippen molar-refractivity contribution in [3.8, 4) is 11.4 Å². The SMILES string of the molecule is CC1CCN(C(=O)c2nc(-c3cccc(F)c3)n3c2CCCCC3)CC1. The van der Waals surface area contributed by atoms with Crippen molar-refractivity contribution in [3.63, 3.8) is 0 Å². The standard InChI is InChI=1S/C21H26FN3O/c1-15-9-12-24(13-10-15)21(26)19-18-8-3-2-4-11-25(18)20(23-19)16-6-5-7-17(22)14-16/h5-7,14-15H,2-4,8-13H2,1H3. The molecule has 0 unspecified atom stereocenters. The number of amides is 1. The molecule has 4 rings (SSSR count). The van der Waals surface area contributed by atoms with E-state index >= 15 is 0 Å². The summed E-state index contributed by atoms with van der Waals surface area (Å²) in [6, 6.07) is 6.53. The van der Waals surface area contributed by atoms with Crippen LogP contribution in [0.4, 0.5) is 4.39 Å². The molecule has 1 fully saturated rings. The normalized spacial score (nSPS) is 18.5. The van der Waals surface area contributed by atoms with Crippen LogP contribution in [0.1, 0.15) is 55.2 Å². The van der Waals surface area contributed by atoms with Gasteiger partial charge in [0.1, 0.15) is 17.3 Å². The smallest absolute Gasteiger partial charge is 0.274 e. The van der Waals surface area contributed by atoms with Gasteiger partial charge < -0.3 is 9.47 Å². The van der Waals surface area contributed by atoms with E-state index in [1.165, 1.54) is 12.1 Å². The molecule has 0 N–H and O–H groups in total. The lowest BCUT2D eigenvalue weighted by Crippen LogP contribution is -2.38. The number of hydrogen-bond donors (Lipinski definition) is 0. The second-order valence-corrected chi connectivity index (χ2v) is 7.68. The van der Waals surface area contributed by atoms with E-state index in [4.69, 9.17) is 4.98 Å². The number of aromatic nitrogens is 2. The van der Waals surface area contributed by atoms with Gasteiger partial charge in [0.25, 0.3) is 5.91 Å². The zero-order valence-electron chi connectivity index (χ0n) is 15.4. The van der Waals surface area contributed by atoms with Gasteiger partial charge in [0, 0.05) is 25.2 Å². The Morgan fingerprint density at radius 1 is 1.15 bits per heavy atom. The number of fused-ring (bicyclic) bond motifs is 1. The molecule has 0 saturated carbocycles. The number of imidazole rings is 1. The fraction of sp³-hybridized carbons (Fsp3) is 0.524. The van der Waals surface area contributed by atoms with E-state index in [-0.39, 0.29) is 11.7 Å². The van der Waals surface area contributed by atoms with E-state index in [2.05, 4.69) is 11.5 Å². The molecule has 0 spiro atoms. The van der Waals surface area contributed by atoms with Crippen LogP contribution >= 0.6 is 0 Å². The van der Waals surface area contributed by atoms with Gasteiger partial charge in [-0.3, -0.25) is 4.79 Å². The van der Waals surface area contributed by atoms with Crippen molar-refractivity contribution in [3.05, 3.63) is 41.5 Å². The lowest BCUT2D eigenvalue weighted by molar-refractivity contribution is 0.0690. The molecule has 1 amide bonds. The van der Waals surface area contributed by atoms with Crippen molar-refractivity contribution in [2.24, 2.45) is 5.92 Å². The predicted molar refractivity (Wildman–Crippen MR) is 99.5 cm³/mol. The number of benzene rings is 1. The van der Waals surface area contributed by atoms with Gasteiger partial charge in [-0.25, -0.2) is 9.37 Å². The number of likely N-dealkylation sites (tertiary alicyclic amines) is 1. The Bertz CT molecular complexity index is 806. The molecule has 138 valence electrons. The number of hydrogen-bond acceptors (Lipinski definition) is 2. The summed E-state index contributed by atoms with van der Waals surface area (Å²) in [7, 11) is 0. The molecule has 0 bridgehead atoms. The average molecular weight is 355 g/mol. The van der Waals surface area contributed by atoms with Crippen LogP contribution in [0.5, 0.6) is 0 Å². The Morgan fingerprint density at radius 3 is 2.73 bits per heavy atom. The van der Waals surface area contributed by atoms with Crippen LogP contribution in [-0.2, 0) is 13.0 Å².